The Morgan fingerprint density at radius 2 is 1.39 bits per heavy atom. The maximum Gasteiger partial charge on any atom is 0.408 e. The van der Waals surface area contributed by atoms with E-state index in [1.165, 1.54) is 0 Å². The van der Waals surface area contributed by atoms with E-state index >= 15 is 0 Å². The second kappa shape index (κ2) is 11.9. The van der Waals surface area contributed by atoms with E-state index in [0.29, 0.717) is 5.75 Å². The zero-order valence-corrected chi connectivity index (χ0v) is 19.4. The van der Waals surface area contributed by atoms with Crippen LogP contribution in [0.2, 0.25) is 0 Å². The Morgan fingerprint density at radius 3 is 1.91 bits per heavy atom. The van der Waals surface area contributed by atoms with Gasteiger partial charge >= 0.3 is 6.09 Å². The number of alkyl carbamates (subject to hydrolysis) is 1. The first kappa shape index (κ1) is 25.7. The van der Waals surface area contributed by atoms with Crippen molar-refractivity contribution in [1.82, 2.24) is 16.1 Å². The Morgan fingerprint density at radius 1 is 0.848 bits per heavy atom. The Labute approximate surface area is 194 Å². The standard InChI is InChI=1S/C24H32N4O5/c1-24(2,3)33-23(31)27-19(15-17-10-12-18(32-4)13-11-17)21(29)26-20(22(30)28-25)14-16-8-6-5-7-9-16/h5-13,19-20H,14-15,25H2,1-4H3,(H,26,29)(H,27,31)(H,28,30)/t19-,20-/m0/s1. The van der Waals surface area contributed by atoms with Gasteiger partial charge in [0, 0.05) is 12.8 Å². The molecule has 9 heteroatoms. The van der Waals surface area contributed by atoms with Crippen LogP contribution in [0.25, 0.3) is 0 Å². The first-order valence-corrected chi connectivity index (χ1v) is 10.6. The lowest BCUT2D eigenvalue weighted by molar-refractivity contribution is -0.130. The molecule has 2 aromatic carbocycles. The summed E-state index contributed by atoms with van der Waals surface area (Å²) in [6.07, 6.45) is -0.326. The maximum atomic E-state index is 13.2. The Hall–Kier alpha value is -3.59. The van der Waals surface area contributed by atoms with Crippen LogP contribution in [0, 0.1) is 0 Å². The largest absolute Gasteiger partial charge is 0.497 e. The normalized spacial score (nSPS) is 12.8. The summed E-state index contributed by atoms with van der Waals surface area (Å²) in [6.45, 7) is 5.19. The fourth-order valence-corrected chi connectivity index (χ4v) is 3.09. The lowest BCUT2D eigenvalue weighted by Gasteiger charge is -2.25. The van der Waals surface area contributed by atoms with Crippen molar-refractivity contribution < 1.29 is 23.9 Å². The molecule has 33 heavy (non-hydrogen) atoms. The molecule has 0 spiro atoms. The van der Waals surface area contributed by atoms with Crippen molar-refractivity contribution in [2.75, 3.05) is 7.11 Å². The number of carbonyl (C=O) groups is 3. The summed E-state index contributed by atoms with van der Waals surface area (Å²) in [7, 11) is 1.56. The van der Waals surface area contributed by atoms with Crippen molar-refractivity contribution >= 4 is 17.9 Å². The molecule has 0 saturated heterocycles. The molecule has 0 radical (unpaired) electrons. The van der Waals surface area contributed by atoms with Crippen LogP contribution in [-0.4, -0.2) is 42.7 Å². The molecule has 2 aromatic rings. The minimum absolute atomic E-state index is 0.178. The lowest BCUT2D eigenvalue weighted by atomic mass is 10.0. The van der Waals surface area contributed by atoms with E-state index in [1.54, 1.807) is 52.1 Å². The Balaban J connectivity index is 2.21. The highest BCUT2D eigenvalue weighted by molar-refractivity contribution is 5.91. The first-order chi connectivity index (χ1) is 15.6. The van der Waals surface area contributed by atoms with Gasteiger partial charge in [-0.1, -0.05) is 42.5 Å². The molecule has 2 rings (SSSR count). The average molecular weight is 457 g/mol. The fraction of sp³-hybridized carbons (Fsp3) is 0.375. The monoisotopic (exact) mass is 456 g/mol. The number of carbonyl (C=O) groups excluding carboxylic acids is 3. The predicted octanol–water partition coefficient (Wildman–Crippen LogP) is 1.85. The summed E-state index contributed by atoms with van der Waals surface area (Å²) in [5.74, 6) is 4.91. The van der Waals surface area contributed by atoms with Gasteiger partial charge in [-0.3, -0.25) is 15.0 Å². The number of hydrogen-bond acceptors (Lipinski definition) is 6. The van der Waals surface area contributed by atoms with Gasteiger partial charge in [-0.15, -0.1) is 0 Å². The van der Waals surface area contributed by atoms with E-state index < -0.39 is 35.6 Å². The highest BCUT2D eigenvalue weighted by Gasteiger charge is 2.28. The summed E-state index contributed by atoms with van der Waals surface area (Å²) in [5.41, 5.74) is 2.98. The molecule has 0 fully saturated rings. The molecule has 9 nitrogen and oxygen atoms in total. The summed E-state index contributed by atoms with van der Waals surface area (Å²) in [6, 6.07) is 14.4. The summed E-state index contributed by atoms with van der Waals surface area (Å²) < 4.78 is 10.5. The number of nitrogens with two attached hydrogens (primary N) is 1. The van der Waals surface area contributed by atoms with Gasteiger partial charge in [-0.2, -0.15) is 0 Å². The van der Waals surface area contributed by atoms with Crippen molar-refractivity contribution in [1.29, 1.82) is 0 Å². The summed E-state index contributed by atoms with van der Waals surface area (Å²) in [4.78, 5) is 37.9. The van der Waals surface area contributed by atoms with Crippen molar-refractivity contribution in [2.45, 2.75) is 51.3 Å². The van der Waals surface area contributed by atoms with Gasteiger partial charge < -0.3 is 20.1 Å². The first-order valence-electron chi connectivity index (χ1n) is 10.6. The molecule has 0 heterocycles. The van der Waals surface area contributed by atoms with E-state index in [9.17, 15) is 14.4 Å². The minimum Gasteiger partial charge on any atom is -0.497 e. The molecule has 0 bridgehead atoms. The van der Waals surface area contributed by atoms with Gasteiger partial charge in [0.2, 0.25) is 5.91 Å². The number of hydrogen-bond donors (Lipinski definition) is 4. The molecule has 0 saturated carbocycles. The van der Waals surface area contributed by atoms with Crippen LogP contribution in [0.3, 0.4) is 0 Å². The molecule has 3 amide bonds. The zero-order chi connectivity index (χ0) is 24.4. The van der Waals surface area contributed by atoms with Crippen LogP contribution in [0.4, 0.5) is 4.79 Å². The number of amides is 3. The van der Waals surface area contributed by atoms with Gasteiger partial charge in [-0.25, -0.2) is 10.6 Å². The van der Waals surface area contributed by atoms with Crippen LogP contribution in [0.5, 0.6) is 5.75 Å². The highest BCUT2D eigenvalue weighted by atomic mass is 16.6. The van der Waals surface area contributed by atoms with Crippen LogP contribution in [0.15, 0.2) is 54.6 Å². The van der Waals surface area contributed by atoms with E-state index in [0.717, 1.165) is 11.1 Å². The smallest absolute Gasteiger partial charge is 0.408 e. The number of rotatable bonds is 9. The van der Waals surface area contributed by atoms with E-state index in [2.05, 4.69) is 16.1 Å². The van der Waals surface area contributed by atoms with Gasteiger partial charge in [0.25, 0.3) is 5.91 Å². The second-order valence-corrected chi connectivity index (χ2v) is 8.51. The van der Waals surface area contributed by atoms with Crippen LogP contribution in [-0.2, 0) is 27.2 Å². The second-order valence-electron chi connectivity index (χ2n) is 8.51. The van der Waals surface area contributed by atoms with Crippen molar-refractivity contribution in [3.05, 3.63) is 65.7 Å². The third-order valence-electron chi connectivity index (χ3n) is 4.66. The van der Waals surface area contributed by atoms with Crippen LogP contribution in [0.1, 0.15) is 31.9 Å². The topological polar surface area (TPSA) is 132 Å². The van der Waals surface area contributed by atoms with Crippen molar-refractivity contribution in [3.63, 3.8) is 0 Å². The van der Waals surface area contributed by atoms with E-state index in [4.69, 9.17) is 15.3 Å². The third kappa shape index (κ3) is 8.82. The molecule has 178 valence electrons. The van der Waals surface area contributed by atoms with Gasteiger partial charge in [-0.05, 0) is 44.0 Å². The summed E-state index contributed by atoms with van der Waals surface area (Å²) >= 11 is 0. The third-order valence-corrected chi connectivity index (χ3v) is 4.66. The molecule has 0 aliphatic heterocycles. The van der Waals surface area contributed by atoms with Crippen LogP contribution < -0.4 is 26.6 Å². The fourth-order valence-electron chi connectivity index (χ4n) is 3.09. The van der Waals surface area contributed by atoms with E-state index in [1.807, 2.05) is 30.3 Å². The van der Waals surface area contributed by atoms with Crippen molar-refractivity contribution in [3.8, 4) is 5.75 Å². The number of benzene rings is 2. The maximum absolute atomic E-state index is 13.2. The quantitative estimate of drug-likeness (QED) is 0.259. The Kier molecular flexibility index (Phi) is 9.23. The average Bonchev–Trinajstić information content (AvgIpc) is 2.77. The molecule has 0 aliphatic rings. The molecule has 0 unspecified atom stereocenters. The number of nitrogens with one attached hydrogen (secondary N) is 3. The highest BCUT2D eigenvalue weighted by Crippen LogP contribution is 2.14. The molecular formula is C24H32N4O5. The van der Waals surface area contributed by atoms with Crippen molar-refractivity contribution in [2.24, 2.45) is 5.84 Å². The van der Waals surface area contributed by atoms with Crippen LogP contribution >= 0.6 is 0 Å². The zero-order valence-electron chi connectivity index (χ0n) is 19.4. The lowest BCUT2D eigenvalue weighted by Crippen LogP contribution is -2.56. The molecular weight excluding hydrogens is 424 g/mol. The number of hydrazine groups is 1. The molecule has 0 aromatic heterocycles. The summed E-state index contributed by atoms with van der Waals surface area (Å²) in [5, 5.41) is 5.31. The minimum atomic E-state index is -0.989. The van der Waals surface area contributed by atoms with Gasteiger partial charge in [0.15, 0.2) is 0 Å². The predicted molar refractivity (Wildman–Crippen MR) is 124 cm³/mol. The number of ether oxygens (including phenoxy) is 2. The SMILES string of the molecule is COc1ccc(C[C@H](NC(=O)OC(C)(C)C)C(=O)N[C@@H](Cc2ccccc2)C(=O)NN)cc1. The number of methoxy groups -OCH3 is 1. The Bertz CT molecular complexity index is 926. The van der Waals surface area contributed by atoms with Gasteiger partial charge in [0.05, 0.1) is 7.11 Å². The molecule has 0 aliphatic carbocycles. The van der Waals surface area contributed by atoms with Gasteiger partial charge in [0.1, 0.15) is 23.4 Å². The molecule has 2 atom stereocenters. The van der Waals surface area contributed by atoms with E-state index in [-0.39, 0.29) is 12.8 Å². The molecule has 5 N–H and O–H groups in total.